The van der Waals surface area contributed by atoms with E-state index in [4.69, 9.17) is 5.26 Å². The zero-order chi connectivity index (χ0) is 13.8. The second-order valence-corrected chi connectivity index (χ2v) is 4.22. The molecular weight excluding hydrogens is 246 g/mol. The molecule has 0 atom stereocenters. The second-order valence-electron chi connectivity index (χ2n) is 4.22. The van der Waals surface area contributed by atoms with Gasteiger partial charge in [-0.15, -0.1) is 0 Å². The molecular formula is C15H12F2N2. The van der Waals surface area contributed by atoms with Gasteiger partial charge in [-0.05, 0) is 24.3 Å². The summed E-state index contributed by atoms with van der Waals surface area (Å²) in [6.07, 6.45) is 0. The van der Waals surface area contributed by atoms with Gasteiger partial charge in [-0.1, -0.05) is 18.2 Å². The Morgan fingerprint density at radius 1 is 1.11 bits per heavy atom. The lowest BCUT2D eigenvalue weighted by Gasteiger charge is -2.20. The van der Waals surface area contributed by atoms with Crippen LogP contribution in [0.3, 0.4) is 0 Å². The van der Waals surface area contributed by atoms with Gasteiger partial charge in [-0.25, -0.2) is 8.78 Å². The molecule has 0 aliphatic rings. The van der Waals surface area contributed by atoms with E-state index in [0.29, 0.717) is 17.8 Å². The van der Waals surface area contributed by atoms with Crippen molar-refractivity contribution in [1.29, 1.82) is 5.26 Å². The van der Waals surface area contributed by atoms with E-state index in [2.05, 4.69) is 0 Å². The highest BCUT2D eigenvalue weighted by Gasteiger charge is 2.08. The largest absolute Gasteiger partial charge is 0.370 e. The van der Waals surface area contributed by atoms with Gasteiger partial charge in [0.15, 0.2) is 0 Å². The molecule has 0 fully saturated rings. The summed E-state index contributed by atoms with van der Waals surface area (Å²) < 4.78 is 27.0. The first-order valence-electron chi connectivity index (χ1n) is 5.76. The summed E-state index contributed by atoms with van der Waals surface area (Å²) in [5.41, 5.74) is 1.14. The Bertz CT molecular complexity index is 632. The molecule has 4 heteroatoms. The first-order valence-corrected chi connectivity index (χ1v) is 5.76. The number of nitriles is 1. The average molecular weight is 258 g/mol. The van der Waals surface area contributed by atoms with Crippen molar-refractivity contribution in [3.63, 3.8) is 0 Å². The highest BCUT2D eigenvalue weighted by atomic mass is 19.1. The van der Waals surface area contributed by atoms with Crippen LogP contribution in [0.5, 0.6) is 0 Å². The third kappa shape index (κ3) is 2.89. The van der Waals surface area contributed by atoms with Crippen LogP contribution in [0.25, 0.3) is 0 Å². The number of benzene rings is 2. The van der Waals surface area contributed by atoms with Gasteiger partial charge in [0.05, 0.1) is 5.56 Å². The molecule has 0 aromatic heterocycles. The smallest absolute Gasteiger partial charge is 0.143 e. The van der Waals surface area contributed by atoms with Crippen molar-refractivity contribution in [3.8, 4) is 6.07 Å². The van der Waals surface area contributed by atoms with Crippen LogP contribution in [0.2, 0.25) is 0 Å². The second kappa shape index (κ2) is 5.49. The Hall–Kier alpha value is -2.41. The van der Waals surface area contributed by atoms with Gasteiger partial charge >= 0.3 is 0 Å². The van der Waals surface area contributed by atoms with Crippen molar-refractivity contribution in [2.75, 3.05) is 11.9 Å². The fourth-order valence-electron chi connectivity index (χ4n) is 1.81. The normalized spacial score (nSPS) is 10.0. The fraction of sp³-hybridized carbons (Fsp3) is 0.133. The summed E-state index contributed by atoms with van der Waals surface area (Å²) in [6, 6.07) is 12.6. The number of hydrogen-bond donors (Lipinski definition) is 0. The van der Waals surface area contributed by atoms with Crippen molar-refractivity contribution in [1.82, 2.24) is 0 Å². The summed E-state index contributed by atoms with van der Waals surface area (Å²) in [5.74, 6) is -0.858. The van der Waals surface area contributed by atoms with E-state index in [-0.39, 0.29) is 11.4 Å². The molecule has 0 spiro atoms. The van der Waals surface area contributed by atoms with Crippen molar-refractivity contribution in [3.05, 3.63) is 65.2 Å². The maximum Gasteiger partial charge on any atom is 0.143 e. The molecule has 0 saturated carbocycles. The first-order chi connectivity index (χ1) is 9.11. The predicted octanol–water partition coefficient (Wildman–Crippen LogP) is 3.47. The minimum absolute atomic E-state index is 0.00282. The van der Waals surface area contributed by atoms with E-state index in [1.165, 1.54) is 18.2 Å². The van der Waals surface area contributed by atoms with Gasteiger partial charge in [0.1, 0.15) is 17.7 Å². The van der Waals surface area contributed by atoms with Crippen molar-refractivity contribution < 1.29 is 8.78 Å². The third-order valence-corrected chi connectivity index (χ3v) is 2.88. The molecule has 2 aromatic carbocycles. The molecule has 2 rings (SSSR count). The van der Waals surface area contributed by atoms with Gasteiger partial charge in [-0.2, -0.15) is 5.26 Å². The Balaban J connectivity index is 2.21. The maximum atomic E-state index is 13.5. The first kappa shape index (κ1) is 13.0. The Kier molecular flexibility index (Phi) is 3.76. The highest BCUT2D eigenvalue weighted by Crippen LogP contribution is 2.20. The van der Waals surface area contributed by atoms with Crippen molar-refractivity contribution >= 4 is 5.69 Å². The van der Waals surface area contributed by atoms with Crippen LogP contribution < -0.4 is 4.90 Å². The minimum atomic E-state index is -0.569. The van der Waals surface area contributed by atoms with Crippen LogP contribution in [-0.4, -0.2) is 7.05 Å². The molecule has 0 N–H and O–H groups in total. The van der Waals surface area contributed by atoms with E-state index in [9.17, 15) is 8.78 Å². The van der Waals surface area contributed by atoms with E-state index in [0.717, 1.165) is 0 Å². The quantitative estimate of drug-likeness (QED) is 0.842. The maximum absolute atomic E-state index is 13.5. The van der Waals surface area contributed by atoms with E-state index in [1.807, 2.05) is 0 Å². The van der Waals surface area contributed by atoms with Gasteiger partial charge in [-0.3, -0.25) is 0 Å². The zero-order valence-electron chi connectivity index (χ0n) is 10.4. The number of nitrogens with zero attached hydrogens (tertiary/aromatic N) is 2. The van der Waals surface area contributed by atoms with Crippen LogP contribution in [0.1, 0.15) is 11.1 Å². The van der Waals surface area contributed by atoms with Crippen molar-refractivity contribution in [2.45, 2.75) is 6.54 Å². The molecule has 0 unspecified atom stereocenters. The van der Waals surface area contributed by atoms with Crippen molar-refractivity contribution in [2.24, 2.45) is 0 Å². The van der Waals surface area contributed by atoms with Gasteiger partial charge in [0.2, 0.25) is 0 Å². The molecule has 0 aliphatic heterocycles. The summed E-state index contributed by atoms with van der Waals surface area (Å²) >= 11 is 0. The van der Waals surface area contributed by atoms with E-state index >= 15 is 0 Å². The Morgan fingerprint density at radius 2 is 1.84 bits per heavy atom. The number of rotatable bonds is 3. The average Bonchev–Trinajstić information content (AvgIpc) is 2.41. The monoisotopic (exact) mass is 258 g/mol. The van der Waals surface area contributed by atoms with Crippen LogP contribution in [0.4, 0.5) is 14.5 Å². The van der Waals surface area contributed by atoms with Crippen LogP contribution in [-0.2, 0) is 6.54 Å². The summed E-state index contributed by atoms with van der Waals surface area (Å²) in [7, 11) is 1.74. The van der Waals surface area contributed by atoms with E-state index in [1.54, 1.807) is 42.3 Å². The molecule has 2 nitrogen and oxygen atoms in total. The molecule has 96 valence electrons. The Morgan fingerprint density at radius 3 is 2.47 bits per heavy atom. The lowest BCUT2D eigenvalue weighted by molar-refractivity contribution is 0.607. The van der Waals surface area contributed by atoms with Gasteiger partial charge in [0.25, 0.3) is 0 Å². The number of hydrogen-bond acceptors (Lipinski definition) is 2. The number of halogens is 2. The summed E-state index contributed by atoms with van der Waals surface area (Å²) in [5, 5.41) is 8.67. The Labute approximate surface area is 110 Å². The standard InChI is InChI=1S/C15H12F2N2/c1-19(10-12-4-2-3-5-14(12)16)13-7-6-11(9-18)15(17)8-13/h2-8H,10H2,1H3. The molecule has 0 radical (unpaired) electrons. The molecule has 0 saturated heterocycles. The van der Waals surface area contributed by atoms with Gasteiger partial charge in [0, 0.05) is 24.8 Å². The zero-order valence-corrected chi connectivity index (χ0v) is 10.4. The SMILES string of the molecule is CN(Cc1ccccc1F)c1ccc(C#N)c(F)c1. The third-order valence-electron chi connectivity index (χ3n) is 2.88. The predicted molar refractivity (Wildman–Crippen MR) is 69.6 cm³/mol. The minimum Gasteiger partial charge on any atom is -0.370 e. The lowest BCUT2D eigenvalue weighted by Crippen LogP contribution is -2.17. The van der Waals surface area contributed by atoms with Crippen LogP contribution >= 0.6 is 0 Å². The molecule has 0 amide bonds. The molecule has 19 heavy (non-hydrogen) atoms. The summed E-state index contributed by atoms with van der Waals surface area (Å²) in [4.78, 5) is 1.72. The fourth-order valence-corrected chi connectivity index (χ4v) is 1.81. The molecule has 2 aromatic rings. The van der Waals surface area contributed by atoms with E-state index < -0.39 is 5.82 Å². The highest BCUT2D eigenvalue weighted by molar-refractivity contribution is 5.50. The lowest BCUT2D eigenvalue weighted by atomic mass is 10.1. The molecule has 0 bridgehead atoms. The number of anilines is 1. The summed E-state index contributed by atoms with van der Waals surface area (Å²) in [6.45, 7) is 0.331. The molecule has 0 heterocycles. The van der Waals surface area contributed by atoms with Crippen LogP contribution in [0.15, 0.2) is 42.5 Å². The topological polar surface area (TPSA) is 27.0 Å². The van der Waals surface area contributed by atoms with Gasteiger partial charge < -0.3 is 4.90 Å². The van der Waals surface area contributed by atoms with Crippen LogP contribution in [0, 0.1) is 23.0 Å². The molecule has 0 aliphatic carbocycles.